The molecule has 0 bridgehead atoms. The molecule has 0 atom stereocenters. The van der Waals surface area contributed by atoms with Crippen molar-refractivity contribution in [3.8, 4) is 0 Å². The number of carbonyl (C=O) groups is 2. The standard InChI is InChI=1S/C29H36N2O2/c32-27(30-29(20-21-29)24-10-4-1-5-11-24)22-16-18-23(19-17-22)28(33)31(25-12-6-2-7-13-25)26-14-8-3-9-15-26/h1,4-5,10-11,16-19,25-26H,2-3,6-9,12-15,20-21H2,(H,30,32). The molecule has 0 aliphatic heterocycles. The number of rotatable bonds is 6. The maximum atomic E-state index is 13.7. The molecule has 174 valence electrons. The monoisotopic (exact) mass is 444 g/mol. The van der Waals surface area contributed by atoms with E-state index in [4.69, 9.17) is 0 Å². The fourth-order valence-electron chi connectivity index (χ4n) is 5.92. The van der Waals surface area contributed by atoms with Gasteiger partial charge in [0, 0.05) is 23.2 Å². The maximum Gasteiger partial charge on any atom is 0.254 e. The SMILES string of the molecule is O=C(NC1(c2ccccc2)CC1)c1ccc(C(=O)N(C2CCCCC2)C2CCCCC2)cc1. The molecule has 4 heteroatoms. The first-order chi connectivity index (χ1) is 16.2. The third-order valence-corrected chi connectivity index (χ3v) is 7.99. The van der Waals surface area contributed by atoms with Gasteiger partial charge in [0.05, 0.1) is 5.54 Å². The van der Waals surface area contributed by atoms with Crippen molar-refractivity contribution in [1.29, 1.82) is 0 Å². The number of amides is 2. The maximum absolute atomic E-state index is 13.7. The van der Waals surface area contributed by atoms with E-state index in [1.807, 2.05) is 42.5 Å². The summed E-state index contributed by atoms with van der Waals surface area (Å²) in [6, 6.07) is 18.3. The summed E-state index contributed by atoms with van der Waals surface area (Å²) in [5, 5.41) is 3.24. The molecule has 1 N–H and O–H groups in total. The predicted octanol–water partition coefficient (Wildman–Crippen LogP) is 6.21. The Bertz CT molecular complexity index is 935. The molecule has 2 aromatic carbocycles. The smallest absolute Gasteiger partial charge is 0.254 e. The molecule has 3 fully saturated rings. The average Bonchev–Trinajstić information content (AvgIpc) is 3.67. The van der Waals surface area contributed by atoms with Gasteiger partial charge in [0.25, 0.3) is 11.8 Å². The highest BCUT2D eigenvalue weighted by atomic mass is 16.2. The number of carbonyl (C=O) groups excluding carboxylic acids is 2. The molecule has 3 saturated carbocycles. The molecule has 0 heterocycles. The lowest BCUT2D eigenvalue weighted by Crippen LogP contribution is -2.48. The van der Waals surface area contributed by atoms with Crippen molar-refractivity contribution in [2.24, 2.45) is 0 Å². The van der Waals surface area contributed by atoms with Crippen LogP contribution in [0.5, 0.6) is 0 Å². The van der Waals surface area contributed by atoms with Crippen LogP contribution in [-0.2, 0) is 5.54 Å². The molecule has 3 aliphatic rings. The van der Waals surface area contributed by atoms with Gasteiger partial charge in [0.1, 0.15) is 0 Å². The number of nitrogens with zero attached hydrogens (tertiary/aromatic N) is 1. The van der Waals surface area contributed by atoms with Gasteiger partial charge in [-0.1, -0.05) is 68.9 Å². The van der Waals surface area contributed by atoms with E-state index in [1.165, 1.54) is 44.1 Å². The minimum absolute atomic E-state index is 0.0632. The summed E-state index contributed by atoms with van der Waals surface area (Å²) in [6.07, 6.45) is 13.9. The summed E-state index contributed by atoms with van der Waals surface area (Å²) in [5.74, 6) is 0.0930. The van der Waals surface area contributed by atoms with Crippen LogP contribution in [0.25, 0.3) is 0 Å². The molecule has 5 rings (SSSR count). The lowest BCUT2D eigenvalue weighted by Gasteiger charge is -2.42. The van der Waals surface area contributed by atoms with E-state index in [1.54, 1.807) is 0 Å². The average molecular weight is 445 g/mol. The zero-order valence-corrected chi connectivity index (χ0v) is 19.6. The largest absolute Gasteiger partial charge is 0.343 e. The second-order valence-electron chi connectivity index (χ2n) is 10.3. The van der Waals surface area contributed by atoms with Crippen LogP contribution in [0.2, 0.25) is 0 Å². The number of hydrogen-bond donors (Lipinski definition) is 1. The summed E-state index contributed by atoms with van der Waals surface area (Å²) in [5.41, 5.74) is 2.27. The fraction of sp³-hybridized carbons (Fsp3) is 0.517. The lowest BCUT2D eigenvalue weighted by molar-refractivity contribution is 0.0448. The van der Waals surface area contributed by atoms with Crippen molar-refractivity contribution in [2.75, 3.05) is 0 Å². The Morgan fingerprint density at radius 3 is 1.73 bits per heavy atom. The van der Waals surface area contributed by atoms with Gasteiger partial charge in [-0.2, -0.15) is 0 Å². The summed E-state index contributed by atoms with van der Waals surface area (Å²) < 4.78 is 0. The van der Waals surface area contributed by atoms with E-state index >= 15 is 0 Å². The van der Waals surface area contributed by atoms with Crippen LogP contribution in [0.3, 0.4) is 0 Å². The Balaban J connectivity index is 1.30. The summed E-state index contributed by atoms with van der Waals surface area (Å²) in [7, 11) is 0. The molecule has 33 heavy (non-hydrogen) atoms. The minimum atomic E-state index is -0.231. The highest BCUT2D eigenvalue weighted by Gasteiger charge is 2.45. The predicted molar refractivity (Wildman–Crippen MR) is 131 cm³/mol. The third kappa shape index (κ3) is 4.85. The van der Waals surface area contributed by atoms with Gasteiger partial charge < -0.3 is 10.2 Å². The van der Waals surface area contributed by atoms with Crippen LogP contribution in [0.15, 0.2) is 54.6 Å². The van der Waals surface area contributed by atoms with Crippen molar-refractivity contribution in [1.82, 2.24) is 10.2 Å². The van der Waals surface area contributed by atoms with Crippen LogP contribution < -0.4 is 5.32 Å². The quantitative estimate of drug-likeness (QED) is 0.575. The Labute approximate surface area is 197 Å². The van der Waals surface area contributed by atoms with E-state index in [-0.39, 0.29) is 17.4 Å². The summed E-state index contributed by atoms with van der Waals surface area (Å²) >= 11 is 0. The van der Waals surface area contributed by atoms with E-state index < -0.39 is 0 Å². The van der Waals surface area contributed by atoms with E-state index in [0.29, 0.717) is 23.2 Å². The van der Waals surface area contributed by atoms with Gasteiger partial charge in [-0.05, 0) is 68.4 Å². The van der Waals surface area contributed by atoms with Crippen LogP contribution in [-0.4, -0.2) is 28.8 Å². The first-order valence-corrected chi connectivity index (χ1v) is 13.0. The van der Waals surface area contributed by atoms with Crippen molar-refractivity contribution < 1.29 is 9.59 Å². The highest BCUT2D eigenvalue weighted by molar-refractivity contribution is 5.98. The normalized spacial score (nSPS) is 20.7. The topological polar surface area (TPSA) is 49.4 Å². The zero-order chi connectivity index (χ0) is 22.7. The Morgan fingerprint density at radius 1 is 0.697 bits per heavy atom. The Morgan fingerprint density at radius 2 is 1.21 bits per heavy atom. The molecule has 0 radical (unpaired) electrons. The van der Waals surface area contributed by atoms with Gasteiger partial charge in [0.15, 0.2) is 0 Å². The van der Waals surface area contributed by atoms with Gasteiger partial charge in [-0.15, -0.1) is 0 Å². The molecule has 3 aliphatic carbocycles. The minimum Gasteiger partial charge on any atom is -0.343 e. The van der Waals surface area contributed by atoms with Crippen LogP contribution >= 0.6 is 0 Å². The van der Waals surface area contributed by atoms with Gasteiger partial charge in [-0.25, -0.2) is 0 Å². The Kier molecular flexibility index (Phi) is 6.52. The van der Waals surface area contributed by atoms with Gasteiger partial charge in [-0.3, -0.25) is 9.59 Å². The van der Waals surface area contributed by atoms with E-state index in [2.05, 4.69) is 22.3 Å². The van der Waals surface area contributed by atoms with Crippen LogP contribution in [0, 0.1) is 0 Å². The third-order valence-electron chi connectivity index (χ3n) is 7.99. The number of benzene rings is 2. The van der Waals surface area contributed by atoms with Gasteiger partial charge in [0.2, 0.25) is 0 Å². The number of nitrogens with one attached hydrogen (secondary N) is 1. The lowest BCUT2D eigenvalue weighted by atomic mass is 9.88. The van der Waals surface area contributed by atoms with Crippen molar-refractivity contribution in [2.45, 2.75) is 94.7 Å². The molecule has 0 saturated heterocycles. The second-order valence-corrected chi connectivity index (χ2v) is 10.3. The Hall–Kier alpha value is -2.62. The van der Waals surface area contributed by atoms with E-state index in [9.17, 15) is 9.59 Å². The molecular weight excluding hydrogens is 408 g/mol. The molecule has 0 spiro atoms. The first kappa shape index (κ1) is 22.2. The number of hydrogen-bond acceptors (Lipinski definition) is 2. The molecule has 0 unspecified atom stereocenters. The fourth-order valence-corrected chi connectivity index (χ4v) is 5.92. The van der Waals surface area contributed by atoms with Crippen molar-refractivity contribution in [3.05, 3.63) is 71.3 Å². The summed E-state index contributed by atoms with van der Waals surface area (Å²) in [4.78, 5) is 28.9. The molecular formula is C29H36N2O2. The summed E-state index contributed by atoms with van der Waals surface area (Å²) in [6.45, 7) is 0. The van der Waals surface area contributed by atoms with Crippen molar-refractivity contribution >= 4 is 11.8 Å². The molecule has 0 aromatic heterocycles. The second kappa shape index (κ2) is 9.70. The van der Waals surface area contributed by atoms with Crippen LogP contribution in [0.1, 0.15) is 103 Å². The van der Waals surface area contributed by atoms with E-state index in [0.717, 1.165) is 38.5 Å². The van der Waals surface area contributed by atoms with Crippen LogP contribution in [0.4, 0.5) is 0 Å². The highest BCUT2D eigenvalue weighted by Crippen LogP contribution is 2.45. The van der Waals surface area contributed by atoms with Crippen molar-refractivity contribution in [3.63, 3.8) is 0 Å². The molecule has 2 aromatic rings. The van der Waals surface area contributed by atoms with Gasteiger partial charge >= 0.3 is 0 Å². The first-order valence-electron chi connectivity index (χ1n) is 13.0. The zero-order valence-electron chi connectivity index (χ0n) is 19.6. The molecule has 4 nitrogen and oxygen atoms in total. The molecule has 2 amide bonds.